The van der Waals surface area contributed by atoms with Crippen LogP contribution in [0.3, 0.4) is 0 Å². The van der Waals surface area contributed by atoms with E-state index in [0.29, 0.717) is 5.57 Å². The highest BCUT2D eigenvalue weighted by Gasteiger charge is 2.72. The van der Waals surface area contributed by atoms with Crippen molar-refractivity contribution in [1.82, 2.24) is 0 Å². The number of ketones is 1. The van der Waals surface area contributed by atoms with Crippen LogP contribution in [0.1, 0.15) is 6.92 Å². The summed E-state index contributed by atoms with van der Waals surface area (Å²) in [6.45, 7) is 1.82. The normalized spacial score (nSPS) is 43.0. The molecule has 1 saturated heterocycles. The Hall–Kier alpha value is -1.69. The van der Waals surface area contributed by atoms with Gasteiger partial charge in [-0.25, -0.2) is 4.79 Å². The zero-order valence-electron chi connectivity index (χ0n) is 10.8. The molecule has 4 aliphatic rings. The van der Waals surface area contributed by atoms with Gasteiger partial charge in [0, 0.05) is 18.6 Å². The van der Waals surface area contributed by atoms with Crippen LogP contribution in [0.4, 0.5) is 0 Å². The molecule has 1 heterocycles. The topological polar surface area (TPSA) is 78.9 Å². The molecular formula is C13H14O6. The van der Waals surface area contributed by atoms with E-state index in [4.69, 9.17) is 14.2 Å². The van der Waals surface area contributed by atoms with Gasteiger partial charge in [0.2, 0.25) is 5.78 Å². The Labute approximate surface area is 109 Å². The number of esters is 2. The number of hydrogen-bond donors (Lipinski definition) is 0. The molecule has 1 saturated carbocycles. The van der Waals surface area contributed by atoms with Crippen LogP contribution >= 0.6 is 0 Å². The summed E-state index contributed by atoms with van der Waals surface area (Å²) in [6.07, 6.45) is 1.60. The molecule has 0 aromatic rings. The van der Waals surface area contributed by atoms with Gasteiger partial charge < -0.3 is 14.2 Å². The summed E-state index contributed by atoms with van der Waals surface area (Å²) in [5.74, 6) is -4.92. The van der Waals surface area contributed by atoms with Crippen molar-refractivity contribution in [2.45, 2.75) is 12.7 Å². The average Bonchev–Trinajstić information content (AvgIpc) is 2.70. The standard InChI is InChI=1S/C13H14O6/c1-5-6-4-7(11(15)17-2)9-8(5)12(16)19-13(9,18-3)10(6)14/h4-6,8-9H,1-3H3. The number of rotatable bonds is 2. The lowest BCUT2D eigenvalue weighted by molar-refractivity contribution is -0.219. The molecule has 0 spiro atoms. The van der Waals surface area contributed by atoms with E-state index in [0.717, 1.165) is 0 Å². The van der Waals surface area contributed by atoms with Crippen molar-refractivity contribution in [3.63, 3.8) is 0 Å². The Morgan fingerprint density at radius 3 is 2.63 bits per heavy atom. The third-order valence-electron chi connectivity index (χ3n) is 4.49. The first-order valence-corrected chi connectivity index (χ1v) is 6.10. The minimum atomic E-state index is -1.64. The van der Waals surface area contributed by atoms with Crippen LogP contribution in [0.15, 0.2) is 11.6 Å². The minimum Gasteiger partial charge on any atom is -0.466 e. The second kappa shape index (κ2) is 3.66. The summed E-state index contributed by atoms with van der Waals surface area (Å²) in [5, 5.41) is 0. The van der Waals surface area contributed by atoms with Crippen LogP contribution in [-0.2, 0) is 28.6 Å². The molecular weight excluding hydrogens is 252 g/mol. The quantitative estimate of drug-likeness (QED) is 0.658. The molecule has 4 rings (SSSR count). The second-order valence-electron chi connectivity index (χ2n) is 5.16. The lowest BCUT2D eigenvalue weighted by atomic mass is 9.58. The average molecular weight is 266 g/mol. The van der Waals surface area contributed by atoms with Crippen molar-refractivity contribution >= 4 is 17.7 Å². The zero-order chi connectivity index (χ0) is 13.9. The molecule has 0 amide bonds. The number of carbonyl (C=O) groups is 3. The summed E-state index contributed by atoms with van der Waals surface area (Å²) >= 11 is 0. The first-order valence-electron chi connectivity index (χ1n) is 6.10. The highest BCUT2D eigenvalue weighted by molar-refractivity contribution is 6.05. The molecule has 2 fully saturated rings. The van der Waals surface area contributed by atoms with Crippen LogP contribution in [0.5, 0.6) is 0 Å². The summed E-state index contributed by atoms with van der Waals surface area (Å²) in [7, 11) is 2.58. The summed E-state index contributed by atoms with van der Waals surface area (Å²) in [6, 6.07) is 0. The van der Waals surface area contributed by atoms with Gasteiger partial charge in [-0.3, -0.25) is 9.59 Å². The van der Waals surface area contributed by atoms with Crippen LogP contribution in [-0.4, -0.2) is 37.7 Å². The molecule has 0 aromatic carbocycles. The van der Waals surface area contributed by atoms with Gasteiger partial charge in [0.1, 0.15) is 0 Å². The SMILES string of the molecule is COC(=O)C1=CC2C(=O)C3(OC)OC(=O)C(C2C)C13. The molecule has 0 aromatic heterocycles. The zero-order valence-corrected chi connectivity index (χ0v) is 10.8. The van der Waals surface area contributed by atoms with E-state index in [2.05, 4.69) is 0 Å². The molecule has 0 radical (unpaired) electrons. The van der Waals surface area contributed by atoms with Crippen LogP contribution in [0.2, 0.25) is 0 Å². The maximum Gasteiger partial charge on any atom is 0.334 e. The lowest BCUT2D eigenvalue weighted by Gasteiger charge is -2.45. The van der Waals surface area contributed by atoms with Gasteiger partial charge >= 0.3 is 11.9 Å². The van der Waals surface area contributed by atoms with Gasteiger partial charge in [-0.1, -0.05) is 13.0 Å². The molecule has 19 heavy (non-hydrogen) atoms. The van der Waals surface area contributed by atoms with Gasteiger partial charge in [0.05, 0.1) is 18.9 Å². The number of allylic oxidation sites excluding steroid dienone is 1. The molecule has 5 unspecified atom stereocenters. The smallest absolute Gasteiger partial charge is 0.334 e. The van der Waals surface area contributed by atoms with Crippen molar-refractivity contribution in [3.05, 3.63) is 11.6 Å². The van der Waals surface area contributed by atoms with E-state index in [9.17, 15) is 14.4 Å². The van der Waals surface area contributed by atoms with Crippen molar-refractivity contribution < 1.29 is 28.6 Å². The van der Waals surface area contributed by atoms with Crippen LogP contribution < -0.4 is 0 Å². The molecule has 0 N–H and O–H groups in total. The van der Waals surface area contributed by atoms with Crippen LogP contribution in [0, 0.1) is 23.7 Å². The van der Waals surface area contributed by atoms with Crippen molar-refractivity contribution in [2.75, 3.05) is 14.2 Å². The maximum absolute atomic E-state index is 12.4. The number of ether oxygens (including phenoxy) is 3. The maximum atomic E-state index is 12.4. The van der Waals surface area contributed by atoms with E-state index in [1.807, 2.05) is 6.92 Å². The molecule has 4 bridgehead atoms. The van der Waals surface area contributed by atoms with E-state index in [-0.39, 0.29) is 11.7 Å². The number of carbonyl (C=O) groups excluding carboxylic acids is 3. The highest BCUT2D eigenvalue weighted by Crippen LogP contribution is 2.57. The first kappa shape index (κ1) is 12.3. The molecule has 1 aliphatic heterocycles. The summed E-state index contributed by atoms with van der Waals surface area (Å²) < 4.78 is 15.1. The van der Waals surface area contributed by atoms with Crippen LogP contribution in [0.25, 0.3) is 0 Å². The molecule has 6 nitrogen and oxygen atoms in total. The van der Waals surface area contributed by atoms with Gasteiger partial charge in [0.25, 0.3) is 5.79 Å². The largest absolute Gasteiger partial charge is 0.466 e. The monoisotopic (exact) mass is 266 g/mol. The minimum absolute atomic E-state index is 0.191. The number of Topliss-reactive ketones (excluding diaryl/α,β-unsaturated/α-hetero) is 1. The van der Waals surface area contributed by atoms with Crippen molar-refractivity contribution in [2.24, 2.45) is 23.7 Å². The first-order chi connectivity index (χ1) is 8.97. The predicted octanol–water partition coefficient (Wildman–Crippen LogP) is 0.0663. The van der Waals surface area contributed by atoms with E-state index in [1.165, 1.54) is 14.2 Å². The number of hydrogen-bond acceptors (Lipinski definition) is 6. The summed E-state index contributed by atoms with van der Waals surface area (Å²) in [5.41, 5.74) is 0.308. The fourth-order valence-electron chi connectivity index (χ4n) is 3.57. The third-order valence-corrected chi connectivity index (χ3v) is 4.49. The Bertz CT molecular complexity index is 521. The summed E-state index contributed by atoms with van der Waals surface area (Å²) in [4.78, 5) is 36.2. The van der Waals surface area contributed by atoms with Crippen molar-refractivity contribution in [1.29, 1.82) is 0 Å². The van der Waals surface area contributed by atoms with Gasteiger partial charge in [-0.05, 0) is 5.92 Å². The predicted molar refractivity (Wildman–Crippen MR) is 60.6 cm³/mol. The molecule has 3 aliphatic carbocycles. The van der Waals surface area contributed by atoms with Gasteiger partial charge in [-0.2, -0.15) is 0 Å². The highest BCUT2D eigenvalue weighted by atomic mass is 16.7. The third kappa shape index (κ3) is 1.22. The Morgan fingerprint density at radius 1 is 1.37 bits per heavy atom. The Morgan fingerprint density at radius 2 is 2.05 bits per heavy atom. The molecule has 5 atom stereocenters. The fourth-order valence-corrected chi connectivity index (χ4v) is 3.57. The second-order valence-corrected chi connectivity index (χ2v) is 5.16. The van der Waals surface area contributed by atoms with Crippen molar-refractivity contribution in [3.8, 4) is 0 Å². The molecule has 6 heteroatoms. The van der Waals surface area contributed by atoms with Gasteiger partial charge in [-0.15, -0.1) is 0 Å². The van der Waals surface area contributed by atoms with E-state index < -0.39 is 35.5 Å². The van der Waals surface area contributed by atoms with E-state index >= 15 is 0 Å². The van der Waals surface area contributed by atoms with Gasteiger partial charge in [0.15, 0.2) is 0 Å². The number of methoxy groups -OCH3 is 2. The Balaban J connectivity index is 2.20. The Kier molecular flexibility index (Phi) is 2.38. The van der Waals surface area contributed by atoms with E-state index in [1.54, 1.807) is 6.08 Å². The fraction of sp³-hybridized carbons (Fsp3) is 0.615. The lowest BCUT2D eigenvalue weighted by Crippen LogP contribution is -2.59. The molecule has 102 valence electrons.